The van der Waals surface area contributed by atoms with Crippen molar-refractivity contribution in [1.29, 1.82) is 0 Å². The molecule has 2 aromatic carbocycles. The summed E-state index contributed by atoms with van der Waals surface area (Å²) >= 11 is 0. The van der Waals surface area contributed by atoms with Crippen LogP contribution in [0.15, 0.2) is 54.6 Å². The lowest BCUT2D eigenvalue weighted by Crippen LogP contribution is -2.13. The highest BCUT2D eigenvalue weighted by molar-refractivity contribution is 6.04. The molecule has 0 amide bonds. The molecule has 0 aliphatic rings. The Hall–Kier alpha value is -2.62. The number of esters is 2. The fraction of sp³-hybridized carbons (Fsp3) is 0.125. The highest BCUT2D eigenvalue weighted by Gasteiger charge is 2.14. The summed E-state index contributed by atoms with van der Waals surface area (Å²) < 4.78 is 9.57. The molecular formula is C16H14O4. The molecule has 0 bridgehead atoms. The Kier molecular flexibility index (Phi) is 4.15. The van der Waals surface area contributed by atoms with Crippen LogP contribution in [-0.4, -0.2) is 25.7 Å². The van der Waals surface area contributed by atoms with Gasteiger partial charge in [0, 0.05) is 0 Å². The summed E-state index contributed by atoms with van der Waals surface area (Å²) in [6, 6.07) is 12.9. The van der Waals surface area contributed by atoms with Gasteiger partial charge in [-0.05, 0) is 16.8 Å². The predicted molar refractivity (Wildman–Crippen MR) is 75.4 cm³/mol. The Morgan fingerprint density at radius 1 is 1.10 bits per heavy atom. The van der Waals surface area contributed by atoms with E-state index < -0.39 is 11.9 Å². The summed E-state index contributed by atoms with van der Waals surface area (Å²) in [6.07, 6.45) is 0. The smallest absolute Gasteiger partial charge is 0.339 e. The first-order valence-corrected chi connectivity index (χ1v) is 6.04. The monoisotopic (exact) mass is 270 g/mol. The number of rotatable bonds is 4. The van der Waals surface area contributed by atoms with Gasteiger partial charge in [0.25, 0.3) is 0 Å². The Balaban J connectivity index is 2.16. The molecule has 0 radical (unpaired) electrons. The lowest BCUT2D eigenvalue weighted by Gasteiger charge is -2.08. The summed E-state index contributed by atoms with van der Waals surface area (Å²) in [5, 5.41) is 1.76. The summed E-state index contributed by atoms with van der Waals surface area (Å²) in [4.78, 5) is 23.2. The third-order valence-corrected chi connectivity index (χ3v) is 2.86. The average Bonchev–Trinajstić information content (AvgIpc) is 2.50. The Bertz CT molecular complexity index is 668. The van der Waals surface area contributed by atoms with E-state index in [9.17, 15) is 9.59 Å². The van der Waals surface area contributed by atoms with Gasteiger partial charge in [-0.25, -0.2) is 9.59 Å². The van der Waals surface area contributed by atoms with Crippen molar-refractivity contribution >= 4 is 22.7 Å². The molecule has 0 N–H and O–H groups in total. The van der Waals surface area contributed by atoms with Gasteiger partial charge >= 0.3 is 11.9 Å². The van der Waals surface area contributed by atoms with Crippen LogP contribution in [0.25, 0.3) is 10.8 Å². The van der Waals surface area contributed by atoms with Crippen molar-refractivity contribution in [3.05, 3.63) is 60.2 Å². The van der Waals surface area contributed by atoms with Gasteiger partial charge < -0.3 is 9.47 Å². The molecule has 0 atom stereocenters. The maximum atomic E-state index is 12.1. The summed E-state index contributed by atoms with van der Waals surface area (Å²) in [5.41, 5.74) is 0.557. The third kappa shape index (κ3) is 2.85. The van der Waals surface area contributed by atoms with E-state index in [2.05, 4.69) is 11.3 Å². The number of fused-ring (bicyclic) bond motifs is 1. The Labute approximate surface area is 116 Å². The Morgan fingerprint density at radius 2 is 1.80 bits per heavy atom. The van der Waals surface area contributed by atoms with Gasteiger partial charge in [0.2, 0.25) is 0 Å². The largest absolute Gasteiger partial charge is 0.466 e. The lowest BCUT2D eigenvalue weighted by molar-refractivity contribution is -0.136. The first kappa shape index (κ1) is 13.8. The van der Waals surface area contributed by atoms with Gasteiger partial charge in [-0.1, -0.05) is 43.0 Å². The van der Waals surface area contributed by atoms with E-state index in [1.807, 2.05) is 30.3 Å². The van der Waals surface area contributed by atoms with Crippen LogP contribution < -0.4 is 0 Å². The molecule has 0 fully saturated rings. The second-order valence-corrected chi connectivity index (χ2v) is 4.20. The molecule has 0 aliphatic heterocycles. The van der Waals surface area contributed by atoms with Gasteiger partial charge in [0.1, 0.15) is 6.61 Å². The average molecular weight is 270 g/mol. The highest BCUT2D eigenvalue weighted by Crippen LogP contribution is 2.19. The van der Waals surface area contributed by atoms with Crippen molar-refractivity contribution in [2.24, 2.45) is 0 Å². The molecule has 0 heterocycles. The van der Waals surface area contributed by atoms with Crippen molar-refractivity contribution in [3.8, 4) is 0 Å². The molecule has 0 saturated heterocycles. The van der Waals surface area contributed by atoms with Crippen LogP contribution in [0.1, 0.15) is 10.4 Å². The number of methoxy groups -OCH3 is 1. The zero-order valence-corrected chi connectivity index (χ0v) is 11.1. The van der Waals surface area contributed by atoms with Crippen LogP contribution in [0.3, 0.4) is 0 Å². The van der Waals surface area contributed by atoms with Gasteiger partial charge in [-0.15, -0.1) is 0 Å². The molecule has 0 saturated carbocycles. The second-order valence-electron chi connectivity index (χ2n) is 4.20. The molecule has 0 aromatic heterocycles. The fourth-order valence-electron chi connectivity index (χ4n) is 1.84. The fourth-order valence-corrected chi connectivity index (χ4v) is 1.84. The van der Waals surface area contributed by atoms with Crippen molar-refractivity contribution in [1.82, 2.24) is 0 Å². The maximum absolute atomic E-state index is 12.1. The van der Waals surface area contributed by atoms with Gasteiger partial charge in [0.15, 0.2) is 0 Å². The van der Waals surface area contributed by atoms with E-state index >= 15 is 0 Å². The highest BCUT2D eigenvalue weighted by atomic mass is 16.5. The lowest BCUT2D eigenvalue weighted by atomic mass is 10.0. The molecule has 0 aliphatic carbocycles. The minimum Gasteiger partial charge on any atom is -0.466 e. The summed E-state index contributed by atoms with van der Waals surface area (Å²) in [5.74, 6) is -1.08. The molecular weight excluding hydrogens is 256 g/mol. The topological polar surface area (TPSA) is 52.6 Å². The number of carbonyl (C=O) groups excluding carboxylic acids is 2. The van der Waals surface area contributed by atoms with E-state index in [-0.39, 0.29) is 12.2 Å². The van der Waals surface area contributed by atoms with Crippen LogP contribution in [-0.2, 0) is 14.3 Å². The van der Waals surface area contributed by atoms with Crippen LogP contribution in [0, 0.1) is 0 Å². The molecule has 4 heteroatoms. The van der Waals surface area contributed by atoms with E-state index in [1.165, 1.54) is 7.11 Å². The molecule has 4 nitrogen and oxygen atoms in total. The number of hydrogen-bond acceptors (Lipinski definition) is 4. The summed E-state index contributed by atoms with van der Waals surface area (Å²) in [7, 11) is 1.25. The van der Waals surface area contributed by atoms with E-state index in [4.69, 9.17) is 4.74 Å². The zero-order chi connectivity index (χ0) is 14.5. The van der Waals surface area contributed by atoms with Crippen molar-refractivity contribution < 1.29 is 19.1 Å². The number of hydrogen-bond donors (Lipinski definition) is 0. The molecule has 20 heavy (non-hydrogen) atoms. The number of carbonyl (C=O) groups is 2. The van der Waals surface area contributed by atoms with E-state index in [1.54, 1.807) is 12.1 Å². The first-order valence-electron chi connectivity index (χ1n) is 6.04. The van der Waals surface area contributed by atoms with Gasteiger partial charge in [-0.2, -0.15) is 0 Å². The van der Waals surface area contributed by atoms with Crippen molar-refractivity contribution in [2.45, 2.75) is 0 Å². The normalized spacial score (nSPS) is 10.1. The second kappa shape index (κ2) is 6.02. The zero-order valence-electron chi connectivity index (χ0n) is 11.1. The van der Waals surface area contributed by atoms with Crippen molar-refractivity contribution in [3.63, 3.8) is 0 Å². The van der Waals surface area contributed by atoms with Crippen molar-refractivity contribution in [2.75, 3.05) is 13.7 Å². The van der Waals surface area contributed by atoms with Crippen LogP contribution in [0.2, 0.25) is 0 Å². The number of ether oxygens (including phenoxy) is 2. The molecule has 0 unspecified atom stereocenters. The predicted octanol–water partition coefficient (Wildman–Crippen LogP) is 2.73. The quantitative estimate of drug-likeness (QED) is 0.633. The molecule has 102 valence electrons. The SMILES string of the molecule is C=C(COC(=O)c1cccc2ccccc12)C(=O)OC. The summed E-state index contributed by atoms with van der Waals surface area (Å²) in [6.45, 7) is 3.32. The van der Waals surface area contributed by atoms with E-state index in [0.29, 0.717) is 5.56 Å². The van der Waals surface area contributed by atoms with Gasteiger partial charge in [0.05, 0.1) is 18.2 Å². The molecule has 2 rings (SSSR count). The third-order valence-electron chi connectivity index (χ3n) is 2.86. The standard InChI is InChI=1S/C16H14O4/c1-11(15(17)19-2)10-20-16(18)14-9-5-7-12-6-3-4-8-13(12)14/h3-9H,1,10H2,2H3. The van der Waals surface area contributed by atoms with E-state index in [0.717, 1.165) is 10.8 Å². The van der Waals surface area contributed by atoms with Crippen LogP contribution >= 0.6 is 0 Å². The first-order chi connectivity index (χ1) is 9.63. The van der Waals surface area contributed by atoms with Crippen LogP contribution in [0.5, 0.6) is 0 Å². The molecule has 2 aromatic rings. The number of benzene rings is 2. The van der Waals surface area contributed by atoms with Gasteiger partial charge in [-0.3, -0.25) is 0 Å². The maximum Gasteiger partial charge on any atom is 0.339 e. The minimum atomic E-state index is -0.587. The van der Waals surface area contributed by atoms with Crippen LogP contribution in [0.4, 0.5) is 0 Å². The molecule has 0 spiro atoms. The Morgan fingerprint density at radius 3 is 2.55 bits per heavy atom. The minimum absolute atomic E-state index is 0.0982.